The molecule has 0 saturated carbocycles. The molecule has 1 heterocycles. The van der Waals surface area contributed by atoms with E-state index < -0.39 is 11.9 Å². The third kappa shape index (κ3) is 3.28. The van der Waals surface area contributed by atoms with Crippen molar-refractivity contribution in [1.29, 1.82) is 0 Å². The molecule has 148 valence electrons. The van der Waals surface area contributed by atoms with E-state index in [2.05, 4.69) is 63.7 Å². The van der Waals surface area contributed by atoms with Crippen molar-refractivity contribution in [3.8, 4) is 23.0 Å². The van der Waals surface area contributed by atoms with Crippen LogP contribution >= 0.6 is 63.7 Å². The van der Waals surface area contributed by atoms with Crippen molar-refractivity contribution in [2.45, 2.75) is 5.92 Å². The van der Waals surface area contributed by atoms with Crippen LogP contribution in [0.1, 0.15) is 33.0 Å². The van der Waals surface area contributed by atoms with Gasteiger partial charge in [0.1, 0.15) is 31.9 Å². The van der Waals surface area contributed by atoms with Crippen molar-refractivity contribution in [3.05, 3.63) is 76.5 Å². The molecular weight excluding hydrogens is 640 g/mol. The lowest BCUT2D eigenvalue weighted by molar-refractivity contribution is 0.0695. The number of hydrogen-bond acceptors (Lipinski definition) is 4. The van der Waals surface area contributed by atoms with Gasteiger partial charge in [-0.25, -0.2) is 4.79 Å². The second-order valence-corrected chi connectivity index (χ2v) is 9.60. The van der Waals surface area contributed by atoms with Gasteiger partial charge in [-0.15, -0.1) is 0 Å². The number of hydrogen-bond donors (Lipinski definition) is 3. The fourth-order valence-corrected chi connectivity index (χ4v) is 5.87. The summed E-state index contributed by atoms with van der Waals surface area (Å²) in [5, 5.41) is 30.4. The number of rotatable bonds is 2. The van der Waals surface area contributed by atoms with Crippen LogP contribution in [-0.2, 0) is 0 Å². The van der Waals surface area contributed by atoms with Gasteiger partial charge in [0, 0.05) is 17.0 Å². The molecule has 0 unspecified atom stereocenters. The minimum atomic E-state index is -1.05. The van der Waals surface area contributed by atoms with Crippen LogP contribution < -0.4 is 4.74 Å². The van der Waals surface area contributed by atoms with Crippen LogP contribution in [0.2, 0.25) is 0 Å². The van der Waals surface area contributed by atoms with Crippen molar-refractivity contribution in [1.82, 2.24) is 0 Å². The fraction of sp³-hybridized carbons (Fsp3) is 0.0500. The zero-order chi connectivity index (χ0) is 21.0. The highest BCUT2D eigenvalue weighted by atomic mass is 79.9. The number of carboxylic acid groups (broad SMARTS) is 1. The lowest BCUT2D eigenvalue weighted by atomic mass is 9.80. The van der Waals surface area contributed by atoms with E-state index in [4.69, 9.17) is 4.74 Å². The molecule has 0 amide bonds. The van der Waals surface area contributed by atoms with Gasteiger partial charge in [0.25, 0.3) is 0 Å². The van der Waals surface area contributed by atoms with Gasteiger partial charge in [-0.2, -0.15) is 0 Å². The van der Waals surface area contributed by atoms with Gasteiger partial charge in [-0.3, -0.25) is 0 Å². The molecular formula is C20H10Br4O5. The highest BCUT2D eigenvalue weighted by Crippen LogP contribution is 2.57. The van der Waals surface area contributed by atoms with Gasteiger partial charge in [0.15, 0.2) is 0 Å². The summed E-state index contributed by atoms with van der Waals surface area (Å²) in [4.78, 5) is 11.9. The zero-order valence-electron chi connectivity index (χ0n) is 14.2. The Bertz CT molecular complexity index is 1130. The molecule has 0 bridgehead atoms. The molecule has 4 rings (SSSR count). The van der Waals surface area contributed by atoms with Crippen LogP contribution in [-0.4, -0.2) is 21.3 Å². The van der Waals surface area contributed by atoms with Gasteiger partial charge in [-0.05, 0) is 87.5 Å². The standard InChI is InChI=1S/C20H10Br4O5/c21-11-5-9-13(7-3-1-2-4-8(7)20(27)28)10-6-12(22)17(26)15(24)19(10)29-18(9)14(23)16(11)25/h1-6,13,25-26H,(H,27,28). The van der Waals surface area contributed by atoms with E-state index in [0.29, 0.717) is 46.1 Å². The normalized spacial score (nSPS) is 12.8. The molecule has 0 fully saturated rings. The third-order valence-electron chi connectivity index (χ3n) is 4.68. The van der Waals surface area contributed by atoms with E-state index in [-0.39, 0.29) is 17.1 Å². The first-order valence-corrected chi connectivity index (χ1v) is 11.3. The summed E-state index contributed by atoms with van der Waals surface area (Å²) >= 11 is 13.4. The van der Waals surface area contributed by atoms with E-state index in [1.807, 2.05) is 0 Å². The van der Waals surface area contributed by atoms with Crippen molar-refractivity contribution in [2.75, 3.05) is 0 Å². The molecule has 0 spiro atoms. The maximum atomic E-state index is 11.9. The molecule has 29 heavy (non-hydrogen) atoms. The monoisotopic (exact) mass is 646 g/mol. The number of carboxylic acids is 1. The number of halogens is 4. The number of benzene rings is 3. The molecule has 0 atom stereocenters. The fourth-order valence-electron chi connectivity index (χ4n) is 3.40. The Labute approximate surface area is 198 Å². The quantitative estimate of drug-likeness (QED) is 0.215. The Morgan fingerprint density at radius 2 is 1.31 bits per heavy atom. The lowest BCUT2D eigenvalue weighted by Crippen LogP contribution is -2.16. The van der Waals surface area contributed by atoms with E-state index in [1.54, 1.807) is 36.4 Å². The van der Waals surface area contributed by atoms with Crippen LogP contribution in [0.4, 0.5) is 0 Å². The molecule has 9 heteroatoms. The van der Waals surface area contributed by atoms with Gasteiger partial charge in [0.2, 0.25) is 0 Å². The average Bonchev–Trinajstić information content (AvgIpc) is 2.69. The van der Waals surface area contributed by atoms with Crippen molar-refractivity contribution >= 4 is 69.7 Å². The highest BCUT2D eigenvalue weighted by molar-refractivity contribution is 9.11. The number of phenols is 2. The summed E-state index contributed by atoms with van der Waals surface area (Å²) in [5.74, 6) is -0.993. The Hall–Kier alpha value is -1.55. The summed E-state index contributed by atoms with van der Waals surface area (Å²) in [7, 11) is 0. The second kappa shape index (κ2) is 7.61. The minimum Gasteiger partial charge on any atom is -0.505 e. The van der Waals surface area contributed by atoms with Crippen LogP contribution in [0.5, 0.6) is 23.0 Å². The van der Waals surface area contributed by atoms with Gasteiger partial charge < -0.3 is 20.1 Å². The summed E-state index contributed by atoms with van der Waals surface area (Å²) in [5.41, 5.74) is 2.02. The maximum absolute atomic E-state index is 11.9. The van der Waals surface area contributed by atoms with Crippen molar-refractivity contribution < 1.29 is 24.9 Å². The molecule has 0 radical (unpaired) electrons. The van der Waals surface area contributed by atoms with Gasteiger partial charge in [0.05, 0.1) is 14.5 Å². The molecule has 5 nitrogen and oxygen atoms in total. The van der Waals surface area contributed by atoms with E-state index in [9.17, 15) is 20.1 Å². The smallest absolute Gasteiger partial charge is 0.335 e. The molecule has 3 aromatic carbocycles. The summed E-state index contributed by atoms with van der Waals surface area (Å²) in [6, 6.07) is 10.1. The Morgan fingerprint density at radius 1 is 0.828 bits per heavy atom. The largest absolute Gasteiger partial charge is 0.505 e. The predicted octanol–water partition coefficient (Wildman–Crippen LogP) is 7.13. The van der Waals surface area contributed by atoms with Gasteiger partial charge in [-0.1, -0.05) is 18.2 Å². The first-order chi connectivity index (χ1) is 13.7. The van der Waals surface area contributed by atoms with E-state index in [1.165, 1.54) is 0 Å². The van der Waals surface area contributed by atoms with Crippen molar-refractivity contribution in [2.24, 2.45) is 0 Å². The van der Waals surface area contributed by atoms with Crippen molar-refractivity contribution in [3.63, 3.8) is 0 Å². The number of ether oxygens (including phenoxy) is 1. The molecule has 0 aromatic heterocycles. The molecule has 0 saturated heterocycles. The summed E-state index contributed by atoms with van der Waals surface area (Å²) in [6.45, 7) is 0. The Kier molecular flexibility index (Phi) is 5.43. The average molecular weight is 650 g/mol. The minimum absolute atomic E-state index is 0.0464. The number of aromatic carboxylic acids is 1. The van der Waals surface area contributed by atoms with E-state index in [0.717, 1.165) is 0 Å². The van der Waals surface area contributed by atoms with Crippen LogP contribution in [0, 0.1) is 0 Å². The summed E-state index contributed by atoms with van der Waals surface area (Å²) in [6.07, 6.45) is 0. The molecule has 3 N–H and O–H groups in total. The SMILES string of the molecule is O=C(O)c1ccccc1C1c2cc(Br)c(O)c(Br)c2Oc2c1cc(Br)c(O)c2Br. The molecule has 3 aromatic rings. The number of aromatic hydroxyl groups is 2. The first kappa shape index (κ1) is 20.7. The Balaban J connectivity index is 2.13. The highest BCUT2D eigenvalue weighted by Gasteiger charge is 2.36. The first-order valence-electron chi connectivity index (χ1n) is 8.14. The lowest BCUT2D eigenvalue weighted by Gasteiger charge is -2.31. The molecule has 1 aliphatic heterocycles. The van der Waals surface area contributed by atoms with Crippen LogP contribution in [0.15, 0.2) is 54.3 Å². The molecule has 0 aliphatic carbocycles. The second-order valence-electron chi connectivity index (χ2n) is 6.31. The number of carbonyl (C=O) groups is 1. The Morgan fingerprint density at radius 3 is 1.79 bits per heavy atom. The van der Waals surface area contributed by atoms with Crippen LogP contribution in [0.3, 0.4) is 0 Å². The van der Waals surface area contributed by atoms with Crippen LogP contribution in [0.25, 0.3) is 0 Å². The number of phenolic OH excluding ortho intramolecular Hbond substituents is 2. The predicted molar refractivity (Wildman–Crippen MR) is 121 cm³/mol. The third-order valence-corrected chi connectivity index (χ3v) is 7.36. The van der Waals surface area contributed by atoms with E-state index >= 15 is 0 Å². The van der Waals surface area contributed by atoms with Gasteiger partial charge >= 0.3 is 5.97 Å². The summed E-state index contributed by atoms with van der Waals surface area (Å²) < 4.78 is 7.57. The number of fused-ring (bicyclic) bond motifs is 2. The topological polar surface area (TPSA) is 87.0 Å². The zero-order valence-corrected chi connectivity index (χ0v) is 20.6. The maximum Gasteiger partial charge on any atom is 0.335 e. The molecule has 1 aliphatic rings.